The number of anilines is 1. The lowest BCUT2D eigenvalue weighted by atomic mass is 9.94. The number of aliphatic hydroxyl groups excluding tert-OH is 1. The lowest BCUT2D eigenvalue weighted by Gasteiger charge is -2.28. The number of benzene rings is 3. The van der Waals surface area contributed by atoms with E-state index in [1.807, 2.05) is 79.7 Å². The van der Waals surface area contributed by atoms with Crippen molar-refractivity contribution < 1.29 is 19.4 Å². The third-order valence-electron chi connectivity index (χ3n) is 5.73. The van der Waals surface area contributed by atoms with Crippen molar-refractivity contribution in [1.82, 2.24) is 0 Å². The number of nitrogens with zero attached hydrogens (tertiary/aromatic N) is 1. The number of Topliss-reactive ketones (excluding diaryl/α,β-unsaturated/α-hetero) is 1. The summed E-state index contributed by atoms with van der Waals surface area (Å²) in [4.78, 5) is 28.8. The number of aliphatic hydroxyl groups is 1. The minimum atomic E-state index is -0.803. The Balaban J connectivity index is 1.63. The molecule has 0 bridgehead atoms. The van der Waals surface area contributed by atoms with Gasteiger partial charge in [0.25, 0.3) is 5.91 Å². The average molecular weight is 468 g/mol. The van der Waals surface area contributed by atoms with Crippen molar-refractivity contribution in [3.8, 4) is 11.5 Å². The second-order valence-electron chi connectivity index (χ2n) is 7.92. The van der Waals surface area contributed by atoms with Crippen molar-refractivity contribution in [2.75, 3.05) is 4.90 Å². The predicted octanol–water partition coefficient (Wildman–Crippen LogP) is 6.63. The van der Waals surface area contributed by atoms with Gasteiger partial charge in [-0.2, -0.15) is 0 Å². The van der Waals surface area contributed by atoms with Crippen LogP contribution in [0.25, 0.3) is 0 Å². The summed E-state index contributed by atoms with van der Waals surface area (Å²) in [6.07, 6.45) is 0. The second-order valence-corrected chi connectivity index (χ2v) is 8.87. The summed E-state index contributed by atoms with van der Waals surface area (Å²) in [5.74, 6) is -0.257. The highest BCUT2D eigenvalue weighted by atomic mass is 32.1. The molecule has 1 aliphatic rings. The number of hydrogen-bond donors (Lipinski definition) is 1. The molecular weight excluding hydrogens is 446 g/mol. The van der Waals surface area contributed by atoms with Gasteiger partial charge in [0.2, 0.25) is 5.78 Å². The van der Waals surface area contributed by atoms with Crippen molar-refractivity contribution in [2.24, 2.45) is 0 Å². The van der Waals surface area contributed by atoms with E-state index in [1.54, 1.807) is 23.6 Å². The molecule has 0 spiro atoms. The number of carbonyl (C=O) groups excluding carboxylic acids is 2. The highest BCUT2D eigenvalue weighted by Crippen LogP contribution is 2.44. The molecule has 5 nitrogen and oxygen atoms in total. The van der Waals surface area contributed by atoms with Gasteiger partial charge in [-0.05, 0) is 59.8 Å². The number of ether oxygens (including phenoxy) is 1. The number of amides is 1. The molecule has 1 unspecified atom stereocenters. The fourth-order valence-corrected chi connectivity index (χ4v) is 4.83. The van der Waals surface area contributed by atoms with E-state index in [0.717, 1.165) is 5.56 Å². The van der Waals surface area contributed by atoms with Gasteiger partial charge in [-0.15, -0.1) is 11.3 Å². The number of thiophene rings is 1. The van der Waals surface area contributed by atoms with Crippen molar-refractivity contribution in [1.29, 1.82) is 0 Å². The zero-order chi connectivity index (χ0) is 23.7. The van der Waals surface area contributed by atoms with Gasteiger partial charge in [0.05, 0.1) is 16.5 Å². The van der Waals surface area contributed by atoms with Crippen LogP contribution in [0.1, 0.15) is 26.8 Å². The van der Waals surface area contributed by atoms with Gasteiger partial charge >= 0.3 is 0 Å². The molecule has 0 saturated carbocycles. The van der Waals surface area contributed by atoms with Crippen LogP contribution in [0.5, 0.6) is 11.5 Å². The van der Waals surface area contributed by atoms with Crippen molar-refractivity contribution in [2.45, 2.75) is 13.0 Å². The third-order valence-corrected chi connectivity index (χ3v) is 6.59. The van der Waals surface area contributed by atoms with E-state index in [9.17, 15) is 14.7 Å². The van der Waals surface area contributed by atoms with Gasteiger partial charge in [-0.25, -0.2) is 0 Å². The zero-order valence-electron chi connectivity index (χ0n) is 18.3. The SMILES string of the molecule is Cc1ccccc1N1C(=O)C(O)=C(C(=O)c2cccs2)C1c1cccc(Oc2ccccc2)c1. The summed E-state index contributed by atoms with van der Waals surface area (Å²) < 4.78 is 6.00. The lowest BCUT2D eigenvalue weighted by Crippen LogP contribution is -2.31. The Bertz CT molecular complexity index is 1390. The molecule has 4 aromatic rings. The quantitative estimate of drug-likeness (QED) is 0.323. The minimum absolute atomic E-state index is 0.0626. The highest BCUT2D eigenvalue weighted by molar-refractivity contribution is 7.12. The highest BCUT2D eigenvalue weighted by Gasteiger charge is 2.45. The first kappa shape index (κ1) is 21.7. The summed E-state index contributed by atoms with van der Waals surface area (Å²) >= 11 is 1.27. The fourth-order valence-electron chi connectivity index (χ4n) is 4.15. The molecule has 34 heavy (non-hydrogen) atoms. The number of rotatable bonds is 6. The first-order chi connectivity index (χ1) is 16.5. The van der Waals surface area contributed by atoms with Crippen LogP contribution in [0.3, 0.4) is 0 Å². The van der Waals surface area contributed by atoms with Crippen LogP contribution >= 0.6 is 11.3 Å². The minimum Gasteiger partial charge on any atom is -0.503 e. The molecule has 6 heteroatoms. The van der Waals surface area contributed by atoms with E-state index in [1.165, 1.54) is 16.2 Å². The number of ketones is 1. The van der Waals surface area contributed by atoms with Gasteiger partial charge in [-0.3, -0.25) is 14.5 Å². The number of aryl methyl sites for hydroxylation is 1. The van der Waals surface area contributed by atoms with E-state index in [2.05, 4.69) is 0 Å². The van der Waals surface area contributed by atoms with E-state index < -0.39 is 17.7 Å². The van der Waals surface area contributed by atoms with Crippen LogP contribution in [-0.2, 0) is 4.79 Å². The molecule has 3 aromatic carbocycles. The monoisotopic (exact) mass is 467 g/mol. The first-order valence-electron chi connectivity index (χ1n) is 10.8. The molecule has 1 N–H and O–H groups in total. The average Bonchev–Trinajstić information content (AvgIpc) is 3.48. The molecule has 1 aromatic heterocycles. The van der Waals surface area contributed by atoms with Gasteiger partial charge < -0.3 is 9.84 Å². The Kier molecular flexibility index (Phi) is 5.74. The van der Waals surface area contributed by atoms with E-state index in [4.69, 9.17) is 4.74 Å². The van der Waals surface area contributed by atoms with Crippen LogP contribution in [0.2, 0.25) is 0 Å². The van der Waals surface area contributed by atoms with Gasteiger partial charge in [0.1, 0.15) is 11.5 Å². The smallest absolute Gasteiger partial charge is 0.294 e. The van der Waals surface area contributed by atoms with Crippen molar-refractivity contribution in [3.63, 3.8) is 0 Å². The van der Waals surface area contributed by atoms with Crippen LogP contribution in [0, 0.1) is 6.92 Å². The molecule has 5 rings (SSSR count). The van der Waals surface area contributed by atoms with Crippen LogP contribution in [0.15, 0.2) is 108 Å². The molecule has 1 aliphatic heterocycles. The maximum Gasteiger partial charge on any atom is 0.294 e. The van der Waals surface area contributed by atoms with E-state index in [-0.39, 0.29) is 11.4 Å². The Labute approximate surface area is 201 Å². The Morgan fingerprint density at radius 2 is 1.65 bits per heavy atom. The Morgan fingerprint density at radius 3 is 2.38 bits per heavy atom. The first-order valence-corrected chi connectivity index (χ1v) is 11.7. The number of carbonyl (C=O) groups is 2. The predicted molar refractivity (Wildman–Crippen MR) is 133 cm³/mol. The summed E-state index contributed by atoms with van der Waals surface area (Å²) in [6.45, 7) is 1.89. The third kappa shape index (κ3) is 3.89. The summed E-state index contributed by atoms with van der Waals surface area (Å²) in [6, 6.07) is 26.7. The molecular formula is C28H21NO4S. The normalized spacial score (nSPS) is 15.6. The number of hydrogen-bond acceptors (Lipinski definition) is 5. The molecule has 0 aliphatic carbocycles. The van der Waals surface area contributed by atoms with Crippen LogP contribution in [0.4, 0.5) is 5.69 Å². The number of para-hydroxylation sites is 2. The van der Waals surface area contributed by atoms with Crippen LogP contribution in [-0.4, -0.2) is 16.8 Å². The fraction of sp³-hybridized carbons (Fsp3) is 0.0714. The largest absolute Gasteiger partial charge is 0.503 e. The molecule has 0 radical (unpaired) electrons. The molecule has 2 heterocycles. The van der Waals surface area contributed by atoms with Gasteiger partial charge in [0.15, 0.2) is 5.76 Å². The lowest BCUT2D eigenvalue weighted by molar-refractivity contribution is -0.117. The zero-order valence-corrected chi connectivity index (χ0v) is 19.2. The molecule has 1 atom stereocenters. The second kappa shape index (κ2) is 9.00. The summed E-state index contributed by atoms with van der Waals surface area (Å²) in [5.41, 5.74) is 2.21. The van der Waals surface area contributed by atoms with Crippen LogP contribution < -0.4 is 9.64 Å². The molecule has 0 fully saturated rings. The van der Waals surface area contributed by atoms with E-state index >= 15 is 0 Å². The standard InChI is InChI=1S/C28H21NO4S/c1-18-9-5-6-14-22(18)29-25(24(27(31)28(29)32)26(30)23-15-8-16-34-23)19-10-7-13-21(17-19)33-20-11-3-2-4-12-20/h2-17,25,31H,1H3. The summed E-state index contributed by atoms with van der Waals surface area (Å²) in [7, 11) is 0. The topological polar surface area (TPSA) is 66.8 Å². The van der Waals surface area contributed by atoms with E-state index in [0.29, 0.717) is 27.6 Å². The maximum absolute atomic E-state index is 13.5. The molecule has 0 saturated heterocycles. The Morgan fingerprint density at radius 1 is 0.912 bits per heavy atom. The van der Waals surface area contributed by atoms with Gasteiger partial charge in [0, 0.05) is 5.69 Å². The maximum atomic E-state index is 13.5. The van der Waals surface area contributed by atoms with Gasteiger partial charge in [-0.1, -0.05) is 54.6 Å². The van der Waals surface area contributed by atoms with Crippen molar-refractivity contribution in [3.05, 3.63) is 124 Å². The Hall–Kier alpha value is -4.16. The molecule has 168 valence electrons. The molecule has 1 amide bonds. The van der Waals surface area contributed by atoms with Crippen molar-refractivity contribution >= 4 is 28.7 Å². The summed E-state index contributed by atoms with van der Waals surface area (Å²) in [5, 5.41) is 12.7.